The van der Waals surface area contributed by atoms with E-state index < -0.39 is 0 Å². The van der Waals surface area contributed by atoms with E-state index in [0.29, 0.717) is 23.0 Å². The Balaban J connectivity index is 1.90. The molecule has 2 atom stereocenters. The standard InChI is InChI=1S/C13H16Cl2N2O/c14-11-4-2-1-3-9(11)7-17-13(18)10-5-6-16-8-12(10)15/h5-6,8-9,11H,1-4,7H2,(H,17,18). The number of nitrogens with zero attached hydrogens (tertiary/aromatic N) is 1. The highest BCUT2D eigenvalue weighted by Crippen LogP contribution is 2.28. The summed E-state index contributed by atoms with van der Waals surface area (Å²) in [5.74, 6) is 0.210. The van der Waals surface area contributed by atoms with E-state index in [9.17, 15) is 4.79 Å². The molecule has 5 heteroatoms. The Labute approximate surface area is 117 Å². The Morgan fingerprint density at radius 2 is 2.22 bits per heavy atom. The van der Waals surface area contributed by atoms with Crippen LogP contribution in [0.5, 0.6) is 0 Å². The molecule has 98 valence electrons. The van der Waals surface area contributed by atoms with Gasteiger partial charge in [-0.2, -0.15) is 0 Å². The maximum Gasteiger partial charge on any atom is 0.252 e. The van der Waals surface area contributed by atoms with E-state index in [1.165, 1.54) is 19.0 Å². The molecule has 0 aromatic carbocycles. The zero-order chi connectivity index (χ0) is 13.0. The van der Waals surface area contributed by atoms with Crippen LogP contribution < -0.4 is 5.32 Å². The molecule has 1 heterocycles. The highest BCUT2D eigenvalue weighted by Gasteiger charge is 2.23. The predicted octanol–water partition coefficient (Wildman–Crippen LogP) is 3.26. The van der Waals surface area contributed by atoms with Gasteiger partial charge in [-0.05, 0) is 24.8 Å². The van der Waals surface area contributed by atoms with Gasteiger partial charge in [-0.1, -0.05) is 24.4 Å². The van der Waals surface area contributed by atoms with Crippen molar-refractivity contribution in [1.29, 1.82) is 0 Å². The van der Waals surface area contributed by atoms with E-state index in [1.54, 1.807) is 12.3 Å². The average molecular weight is 287 g/mol. The van der Waals surface area contributed by atoms with Crippen molar-refractivity contribution < 1.29 is 4.79 Å². The summed E-state index contributed by atoms with van der Waals surface area (Å²) in [6.45, 7) is 0.617. The van der Waals surface area contributed by atoms with Crippen LogP contribution >= 0.6 is 23.2 Å². The number of aromatic nitrogens is 1. The zero-order valence-electron chi connectivity index (χ0n) is 10.0. The molecule has 1 aromatic heterocycles. The van der Waals surface area contributed by atoms with Gasteiger partial charge in [0.2, 0.25) is 0 Å². The number of amides is 1. The normalized spacial score (nSPS) is 23.7. The smallest absolute Gasteiger partial charge is 0.252 e. The summed E-state index contributed by atoms with van der Waals surface area (Å²) in [6.07, 6.45) is 7.54. The van der Waals surface area contributed by atoms with Crippen molar-refractivity contribution in [3.63, 3.8) is 0 Å². The summed E-state index contributed by atoms with van der Waals surface area (Å²) < 4.78 is 0. The second-order valence-electron chi connectivity index (χ2n) is 4.63. The molecule has 0 spiro atoms. The minimum Gasteiger partial charge on any atom is -0.352 e. The van der Waals surface area contributed by atoms with Crippen molar-refractivity contribution in [2.75, 3.05) is 6.54 Å². The van der Waals surface area contributed by atoms with Crippen molar-refractivity contribution in [1.82, 2.24) is 10.3 Å². The monoisotopic (exact) mass is 286 g/mol. The molecule has 1 fully saturated rings. The number of pyridine rings is 1. The maximum atomic E-state index is 11.9. The zero-order valence-corrected chi connectivity index (χ0v) is 11.5. The van der Waals surface area contributed by atoms with Crippen molar-refractivity contribution in [3.8, 4) is 0 Å². The van der Waals surface area contributed by atoms with Crippen LogP contribution in [0.1, 0.15) is 36.0 Å². The van der Waals surface area contributed by atoms with Crippen LogP contribution in [0.15, 0.2) is 18.5 Å². The first kappa shape index (κ1) is 13.6. The SMILES string of the molecule is O=C(NCC1CCCCC1Cl)c1ccncc1Cl. The molecule has 1 aliphatic rings. The molecule has 1 amide bonds. The van der Waals surface area contributed by atoms with Crippen LogP contribution in [0.25, 0.3) is 0 Å². The summed E-state index contributed by atoms with van der Waals surface area (Å²) in [7, 11) is 0. The Hall–Kier alpha value is -0.800. The predicted molar refractivity (Wildman–Crippen MR) is 73.2 cm³/mol. The van der Waals surface area contributed by atoms with Crippen molar-refractivity contribution in [3.05, 3.63) is 29.0 Å². The van der Waals surface area contributed by atoms with E-state index >= 15 is 0 Å². The fourth-order valence-electron chi connectivity index (χ4n) is 2.27. The fraction of sp³-hybridized carbons (Fsp3) is 0.538. The van der Waals surface area contributed by atoms with Gasteiger partial charge in [0, 0.05) is 24.3 Å². The van der Waals surface area contributed by atoms with E-state index in [-0.39, 0.29) is 11.3 Å². The van der Waals surface area contributed by atoms with E-state index in [0.717, 1.165) is 12.8 Å². The first-order valence-corrected chi connectivity index (χ1v) is 7.01. The molecule has 18 heavy (non-hydrogen) atoms. The van der Waals surface area contributed by atoms with Crippen molar-refractivity contribution in [2.45, 2.75) is 31.1 Å². The molecule has 0 saturated heterocycles. The summed E-state index contributed by atoms with van der Waals surface area (Å²) in [6, 6.07) is 1.62. The lowest BCUT2D eigenvalue weighted by Gasteiger charge is -2.27. The second kappa shape index (κ2) is 6.39. The van der Waals surface area contributed by atoms with Gasteiger partial charge in [-0.25, -0.2) is 0 Å². The number of alkyl halides is 1. The molecule has 1 N–H and O–H groups in total. The first-order chi connectivity index (χ1) is 8.68. The molecule has 2 rings (SSSR count). The van der Waals surface area contributed by atoms with Crippen LogP contribution in [0, 0.1) is 5.92 Å². The number of halogens is 2. The van der Waals surface area contributed by atoms with Gasteiger partial charge in [-0.15, -0.1) is 11.6 Å². The number of nitrogens with one attached hydrogen (secondary N) is 1. The van der Waals surface area contributed by atoms with Gasteiger partial charge in [0.1, 0.15) is 0 Å². The fourth-order valence-corrected chi connectivity index (χ4v) is 2.85. The van der Waals surface area contributed by atoms with Gasteiger partial charge in [-0.3, -0.25) is 9.78 Å². The van der Waals surface area contributed by atoms with E-state index in [4.69, 9.17) is 23.2 Å². The van der Waals surface area contributed by atoms with Gasteiger partial charge >= 0.3 is 0 Å². The molecular formula is C13H16Cl2N2O. The summed E-state index contributed by atoms with van der Waals surface area (Å²) in [4.78, 5) is 15.8. The molecule has 0 bridgehead atoms. The van der Waals surface area contributed by atoms with Crippen LogP contribution in [0.2, 0.25) is 5.02 Å². The summed E-state index contributed by atoms with van der Waals surface area (Å²) >= 11 is 12.2. The van der Waals surface area contributed by atoms with E-state index in [1.807, 2.05) is 0 Å². The lowest BCUT2D eigenvalue weighted by Crippen LogP contribution is -2.34. The Morgan fingerprint density at radius 3 is 2.94 bits per heavy atom. The number of rotatable bonds is 3. The second-order valence-corrected chi connectivity index (χ2v) is 5.59. The number of carbonyl (C=O) groups is 1. The Kier molecular flexibility index (Phi) is 4.84. The molecule has 1 aromatic rings. The molecule has 0 radical (unpaired) electrons. The van der Waals surface area contributed by atoms with Crippen LogP contribution in [0.3, 0.4) is 0 Å². The third-order valence-electron chi connectivity index (χ3n) is 3.36. The average Bonchev–Trinajstić information content (AvgIpc) is 2.38. The summed E-state index contributed by atoms with van der Waals surface area (Å²) in [5.41, 5.74) is 0.466. The largest absolute Gasteiger partial charge is 0.352 e. The quantitative estimate of drug-likeness (QED) is 0.867. The number of hydrogen-bond donors (Lipinski definition) is 1. The van der Waals surface area contributed by atoms with Crippen molar-refractivity contribution >= 4 is 29.1 Å². The minimum absolute atomic E-state index is 0.156. The Morgan fingerprint density at radius 1 is 1.44 bits per heavy atom. The number of hydrogen-bond acceptors (Lipinski definition) is 2. The van der Waals surface area contributed by atoms with E-state index in [2.05, 4.69) is 10.3 Å². The molecule has 3 nitrogen and oxygen atoms in total. The Bertz CT molecular complexity index is 425. The van der Waals surface area contributed by atoms with Gasteiger partial charge in [0.25, 0.3) is 5.91 Å². The maximum absolute atomic E-state index is 11.9. The summed E-state index contributed by atoms with van der Waals surface area (Å²) in [5, 5.41) is 3.45. The number of carbonyl (C=O) groups excluding carboxylic acids is 1. The lowest BCUT2D eigenvalue weighted by atomic mass is 9.88. The molecule has 1 aliphatic carbocycles. The van der Waals surface area contributed by atoms with Crippen LogP contribution in [0.4, 0.5) is 0 Å². The third-order valence-corrected chi connectivity index (χ3v) is 4.23. The lowest BCUT2D eigenvalue weighted by molar-refractivity contribution is 0.0944. The highest BCUT2D eigenvalue weighted by atomic mass is 35.5. The highest BCUT2D eigenvalue weighted by molar-refractivity contribution is 6.33. The van der Waals surface area contributed by atoms with Gasteiger partial charge < -0.3 is 5.32 Å². The first-order valence-electron chi connectivity index (χ1n) is 6.20. The molecular weight excluding hydrogens is 271 g/mol. The van der Waals surface area contributed by atoms with Gasteiger partial charge in [0.15, 0.2) is 0 Å². The van der Waals surface area contributed by atoms with Crippen LogP contribution in [-0.4, -0.2) is 22.8 Å². The topological polar surface area (TPSA) is 42.0 Å². The molecule has 2 unspecified atom stereocenters. The molecule has 1 saturated carbocycles. The third kappa shape index (κ3) is 3.36. The van der Waals surface area contributed by atoms with Crippen LogP contribution in [-0.2, 0) is 0 Å². The van der Waals surface area contributed by atoms with Crippen molar-refractivity contribution in [2.24, 2.45) is 5.92 Å². The minimum atomic E-state index is -0.156. The van der Waals surface area contributed by atoms with Gasteiger partial charge in [0.05, 0.1) is 10.6 Å². The molecule has 0 aliphatic heterocycles.